The molecule has 2 heteroatoms. The summed E-state index contributed by atoms with van der Waals surface area (Å²) in [6.07, 6.45) is 2.23. The smallest absolute Gasteiger partial charge is 0.0506 e. The van der Waals surface area contributed by atoms with E-state index in [1.54, 1.807) is 11.3 Å². The van der Waals surface area contributed by atoms with Crippen molar-refractivity contribution in [3.8, 4) is 0 Å². The second-order valence-electron chi connectivity index (χ2n) is 3.68. The summed E-state index contributed by atoms with van der Waals surface area (Å²) in [5.41, 5.74) is 1.40. The lowest BCUT2D eigenvalue weighted by Crippen LogP contribution is -2.02. The molecule has 74 valence electrons. The van der Waals surface area contributed by atoms with Crippen molar-refractivity contribution in [1.82, 2.24) is 0 Å². The van der Waals surface area contributed by atoms with Crippen LogP contribution in [0.5, 0.6) is 0 Å². The minimum atomic E-state index is 0.751. The van der Waals surface area contributed by atoms with Crippen molar-refractivity contribution < 1.29 is 4.74 Å². The molecule has 1 aromatic rings. The van der Waals surface area contributed by atoms with Gasteiger partial charge in [-0.15, -0.1) is 0 Å². The molecule has 13 heavy (non-hydrogen) atoms. The third kappa shape index (κ3) is 5.06. The van der Waals surface area contributed by atoms with E-state index < -0.39 is 0 Å². The zero-order chi connectivity index (χ0) is 9.52. The average molecular weight is 198 g/mol. The van der Waals surface area contributed by atoms with Crippen molar-refractivity contribution in [2.75, 3.05) is 13.2 Å². The summed E-state index contributed by atoms with van der Waals surface area (Å²) in [4.78, 5) is 0. The standard InChI is InChI=1S/C11H18OS/c1-10(2)3-6-12-7-4-11-5-8-13-9-11/h5,8-10H,3-4,6-7H2,1-2H3. The normalized spacial score (nSPS) is 11.0. The maximum Gasteiger partial charge on any atom is 0.0506 e. The van der Waals surface area contributed by atoms with Crippen molar-refractivity contribution in [2.45, 2.75) is 26.7 Å². The first-order valence-electron chi connectivity index (χ1n) is 4.88. The molecule has 1 nitrogen and oxygen atoms in total. The van der Waals surface area contributed by atoms with Crippen molar-refractivity contribution in [3.05, 3.63) is 22.4 Å². The van der Waals surface area contributed by atoms with Crippen LogP contribution in [-0.2, 0) is 11.2 Å². The molecule has 0 atom stereocenters. The van der Waals surface area contributed by atoms with E-state index in [1.165, 1.54) is 12.0 Å². The molecule has 0 amide bonds. The fourth-order valence-corrected chi connectivity index (χ4v) is 1.75. The zero-order valence-corrected chi connectivity index (χ0v) is 9.27. The number of rotatable bonds is 6. The summed E-state index contributed by atoms with van der Waals surface area (Å²) in [5, 5.41) is 4.30. The lowest BCUT2D eigenvalue weighted by Gasteiger charge is -2.05. The van der Waals surface area contributed by atoms with Crippen molar-refractivity contribution in [3.63, 3.8) is 0 Å². The summed E-state index contributed by atoms with van der Waals surface area (Å²) >= 11 is 1.75. The van der Waals surface area contributed by atoms with Gasteiger partial charge in [0.2, 0.25) is 0 Å². The summed E-state index contributed by atoms with van der Waals surface area (Å²) in [5.74, 6) is 0.751. The van der Waals surface area contributed by atoms with Gasteiger partial charge in [-0.05, 0) is 41.1 Å². The van der Waals surface area contributed by atoms with E-state index >= 15 is 0 Å². The molecule has 0 aliphatic rings. The number of ether oxygens (including phenoxy) is 1. The monoisotopic (exact) mass is 198 g/mol. The highest BCUT2D eigenvalue weighted by Crippen LogP contribution is 2.06. The van der Waals surface area contributed by atoms with Gasteiger partial charge in [-0.2, -0.15) is 11.3 Å². The number of hydrogen-bond acceptors (Lipinski definition) is 2. The Labute approximate surface area is 84.7 Å². The second-order valence-corrected chi connectivity index (χ2v) is 4.46. The van der Waals surface area contributed by atoms with Gasteiger partial charge in [0.15, 0.2) is 0 Å². The fourth-order valence-electron chi connectivity index (χ4n) is 1.05. The Bertz CT molecular complexity index is 204. The van der Waals surface area contributed by atoms with Crippen molar-refractivity contribution in [2.24, 2.45) is 5.92 Å². The largest absolute Gasteiger partial charge is 0.381 e. The van der Waals surface area contributed by atoms with Crippen LogP contribution in [0.4, 0.5) is 0 Å². The minimum absolute atomic E-state index is 0.751. The molecule has 1 heterocycles. The number of thiophene rings is 1. The van der Waals surface area contributed by atoms with Gasteiger partial charge in [-0.1, -0.05) is 13.8 Å². The van der Waals surface area contributed by atoms with E-state index in [1.807, 2.05) is 0 Å². The van der Waals surface area contributed by atoms with Crippen LogP contribution in [0.2, 0.25) is 0 Å². The van der Waals surface area contributed by atoms with Crippen LogP contribution in [-0.4, -0.2) is 13.2 Å². The van der Waals surface area contributed by atoms with Gasteiger partial charge in [-0.3, -0.25) is 0 Å². The molecular weight excluding hydrogens is 180 g/mol. The highest BCUT2D eigenvalue weighted by atomic mass is 32.1. The molecule has 0 radical (unpaired) electrons. The third-order valence-electron chi connectivity index (χ3n) is 1.95. The van der Waals surface area contributed by atoms with E-state index in [-0.39, 0.29) is 0 Å². The summed E-state index contributed by atoms with van der Waals surface area (Å²) < 4.78 is 5.52. The molecule has 0 saturated heterocycles. The summed E-state index contributed by atoms with van der Waals surface area (Å²) in [6.45, 7) is 6.22. The van der Waals surface area contributed by atoms with Gasteiger partial charge in [0.1, 0.15) is 0 Å². The third-order valence-corrected chi connectivity index (χ3v) is 2.69. The molecule has 0 aliphatic carbocycles. The SMILES string of the molecule is CC(C)CCOCCc1ccsc1. The van der Waals surface area contributed by atoms with E-state index in [0.717, 1.165) is 25.6 Å². The molecule has 0 spiro atoms. The van der Waals surface area contributed by atoms with Crippen LogP contribution >= 0.6 is 11.3 Å². The van der Waals surface area contributed by atoms with Crippen molar-refractivity contribution in [1.29, 1.82) is 0 Å². The number of hydrogen-bond donors (Lipinski definition) is 0. The quantitative estimate of drug-likeness (QED) is 0.637. The van der Waals surface area contributed by atoms with Crippen molar-refractivity contribution >= 4 is 11.3 Å². The van der Waals surface area contributed by atoms with E-state index in [4.69, 9.17) is 4.74 Å². The average Bonchev–Trinajstić information content (AvgIpc) is 2.55. The maximum atomic E-state index is 5.52. The highest BCUT2D eigenvalue weighted by molar-refractivity contribution is 7.07. The Morgan fingerprint density at radius 3 is 2.85 bits per heavy atom. The van der Waals surface area contributed by atoms with Gasteiger partial charge in [0.05, 0.1) is 6.61 Å². The summed E-state index contributed by atoms with van der Waals surface area (Å²) in [6, 6.07) is 2.16. The maximum absolute atomic E-state index is 5.52. The first-order chi connectivity index (χ1) is 6.29. The molecule has 1 rings (SSSR count). The Morgan fingerprint density at radius 1 is 1.38 bits per heavy atom. The molecule has 0 saturated carbocycles. The minimum Gasteiger partial charge on any atom is -0.381 e. The molecule has 0 bridgehead atoms. The van der Waals surface area contributed by atoms with Gasteiger partial charge < -0.3 is 4.74 Å². The predicted octanol–water partition coefficient (Wildman–Crippen LogP) is 3.35. The van der Waals surface area contributed by atoms with E-state index in [9.17, 15) is 0 Å². The van der Waals surface area contributed by atoms with Gasteiger partial charge >= 0.3 is 0 Å². The Hall–Kier alpha value is -0.340. The Balaban J connectivity index is 1.96. The first kappa shape index (κ1) is 10.7. The molecule has 0 fully saturated rings. The predicted molar refractivity (Wildman–Crippen MR) is 58.3 cm³/mol. The van der Waals surface area contributed by atoms with Crippen LogP contribution in [0.15, 0.2) is 16.8 Å². The van der Waals surface area contributed by atoms with Crippen LogP contribution in [0.3, 0.4) is 0 Å². The highest BCUT2D eigenvalue weighted by Gasteiger charge is 1.95. The summed E-state index contributed by atoms with van der Waals surface area (Å²) in [7, 11) is 0. The molecule has 0 unspecified atom stereocenters. The van der Waals surface area contributed by atoms with Crippen LogP contribution < -0.4 is 0 Å². The lowest BCUT2D eigenvalue weighted by atomic mass is 10.1. The lowest BCUT2D eigenvalue weighted by molar-refractivity contribution is 0.126. The van der Waals surface area contributed by atoms with E-state index in [2.05, 4.69) is 30.7 Å². The van der Waals surface area contributed by atoms with Gasteiger partial charge in [0, 0.05) is 6.61 Å². The van der Waals surface area contributed by atoms with Gasteiger partial charge in [0.25, 0.3) is 0 Å². The second kappa shape index (κ2) is 6.17. The molecule has 0 aromatic carbocycles. The van der Waals surface area contributed by atoms with E-state index in [0.29, 0.717) is 0 Å². The fraction of sp³-hybridized carbons (Fsp3) is 0.636. The Morgan fingerprint density at radius 2 is 2.23 bits per heavy atom. The van der Waals surface area contributed by atoms with Crippen LogP contribution in [0.1, 0.15) is 25.8 Å². The molecular formula is C11H18OS. The van der Waals surface area contributed by atoms with Crippen LogP contribution in [0, 0.1) is 5.92 Å². The molecule has 0 N–H and O–H groups in total. The molecule has 1 aromatic heterocycles. The first-order valence-corrected chi connectivity index (χ1v) is 5.82. The van der Waals surface area contributed by atoms with Gasteiger partial charge in [-0.25, -0.2) is 0 Å². The molecule has 0 aliphatic heterocycles. The topological polar surface area (TPSA) is 9.23 Å². The van der Waals surface area contributed by atoms with Crippen LogP contribution in [0.25, 0.3) is 0 Å². The Kier molecular flexibility index (Phi) is 5.09. The zero-order valence-electron chi connectivity index (χ0n) is 8.45.